The average Bonchev–Trinajstić information content (AvgIpc) is 3.27. The highest BCUT2D eigenvalue weighted by Crippen LogP contribution is 2.31. The lowest BCUT2D eigenvalue weighted by molar-refractivity contribution is 0.0470. The van der Waals surface area contributed by atoms with Crippen molar-refractivity contribution in [3.63, 3.8) is 0 Å². The van der Waals surface area contributed by atoms with Gasteiger partial charge in [0.25, 0.3) is 5.91 Å². The van der Waals surface area contributed by atoms with Crippen LogP contribution < -0.4 is 19.5 Å². The molecule has 3 aromatic rings. The van der Waals surface area contributed by atoms with Crippen LogP contribution in [-0.4, -0.2) is 42.4 Å². The summed E-state index contributed by atoms with van der Waals surface area (Å²) < 4.78 is 21.2. The Kier molecular flexibility index (Phi) is 5.75. The van der Waals surface area contributed by atoms with Gasteiger partial charge in [-0.05, 0) is 42.5 Å². The molecule has 30 heavy (non-hydrogen) atoms. The Labute approximate surface area is 175 Å². The number of anilines is 1. The summed E-state index contributed by atoms with van der Waals surface area (Å²) in [6.07, 6.45) is 0. The molecule has 0 spiro atoms. The fourth-order valence-corrected chi connectivity index (χ4v) is 3.29. The van der Waals surface area contributed by atoms with Gasteiger partial charge in [0.1, 0.15) is 25.6 Å². The zero-order chi connectivity index (χ0) is 20.9. The number of benzene rings is 2. The number of carbonyl (C=O) groups excluding carboxylic acids is 2. The lowest BCUT2D eigenvalue weighted by Gasteiger charge is -2.18. The van der Waals surface area contributed by atoms with E-state index in [9.17, 15) is 9.59 Å². The summed E-state index contributed by atoms with van der Waals surface area (Å²) in [5.74, 6) is 0.845. The van der Waals surface area contributed by atoms with Crippen molar-refractivity contribution in [2.24, 2.45) is 0 Å². The van der Waals surface area contributed by atoms with E-state index in [-0.39, 0.29) is 11.6 Å². The van der Waals surface area contributed by atoms with Gasteiger partial charge in [-0.2, -0.15) is 0 Å². The zero-order valence-corrected chi connectivity index (χ0v) is 16.7. The highest BCUT2D eigenvalue weighted by Gasteiger charge is 2.18. The molecule has 154 valence electrons. The second kappa shape index (κ2) is 8.78. The number of aromatic nitrogens is 2. The molecular weight excluding hydrogens is 410 g/mol. The van der Waals surface area contributed by atoms with Crippen molar-refractivity contribution in [2.75, 3.05) is 25.6 Å². The van der Waals surface area contributed by atoms with E-state index in [2.05, 4.69) is 15.5 Å². The third-order valence-corrected chi connectivity index (χ3v) is 5.01. The van der Waals surface area contributed by atoms with E-state index in [1.54, 1.807) is 49.6 Å². The topological polar surface area (TPSA) is 109 Å². The molecular formula is C20H17N3O6S. The van der Waals surface area contributed by atoms with Crippen LogP contribution in [-0.2, 0) is 11.3 Å². The van der Waals surface area contributed by atoms with Crippen LogP contribution in [0.1, 0.15) is 25.2 Å². The van der Waals surface area contributed by atoms with Crippen LogP contribution in [0.25, 0.3) is 0 Å². The van der Waals surface area contributed by atoms with Gasteiger partial charge in [0.05, 0.1) is 12.7 Å². The molecule has 0 aliphatic carbocycles. The Hall–Kier alpha value is -3.66. The maximum Gasteiger partial charge on any atom is 0.338 e. The van der Waals surface area contributed by atoms with E-state index in [4.69, 9.17) is 18.9 Å². The third-order valence-electron chi connectivity index (χ3n) is 4.11. The van der Waals surface area contributed by atoms with Gasteiger partial charge in [0.15, 0.2) is 16.5 Å². The largest absolute Gasteiger partial charge is 0.497 e. The highest BCUT2D eigenvalue weighted by molar-refractivity contribution is 7.13. The number of fused-ring (bicyclic) bond motifs is 1. The first-order chi connectivity index (χ1) is 14.6. The maximum atomic E-state index is 12.3. The number of carbonyl (C=O) groups is 2. The summed E-state index contributed by atoms with van der Waals surface area (Å²) in [5.41, 5.74) is 0.934. The SMILES string of the molecule is COc1ccc(NC(=O)c2nnc(COC(=O)c3ccc4c(c3)OCCO4)s2)cc1. The molecule has 0 unspecified atom stereocenters. The Morgan fingerprint density at radius 3 is 2.60 bits per heavy atom. The van der Waals surface area contributed by atoms with Crippen LogP contribution in [0.5, 0.6) is 17.2 Å². The summed E-state index contributed by atoms with van der Waals surface area (Å²) in [4.78, 5) is 24.6. The smallest absolute Gasteiger partial charge is 0.338 e. The van der Waals surface area contributed by atoms with Crippen molar-refractivity contribution in [2.45, 2.75) is 6.61 Å². The lowest BCUT2D eigenvalue weighted by atomic mass is 10.2. The molecule has 1 aromatic heterocycles. The molecule has 1 N–H and O–H groups in total. The standard InChI is InChI=1S/C20H17N3O6S/c1-26-14-5-3-13(4-6-14)21-18(24)19-23-22-17(30-19)11-29-20(25)12-2-7-15-16(10-12)28-9-8-27-15/h2-7,10H,8-9,11H2,1H3,(H,21,24). The number of esters is 1. The molecule has 9 nitrogen and oxygen atoms in total. The van der Waals surface area contributed by atoms with Gasteiger partial charge in [-0.3, -0.25) is 4.79 Å². The minimum Gasteiger partial charge on any atom is -0.497 e. The summed E-state index contributed by atoms with van der Waals surface area (Å²) in [6.45, 7) is 0.806. The molecule has 0 saturated carbocycles. The first-order valence-electron chi connectivity index (χ1n) is 8.97. The van der Waals surface area contributed by atoms with E-state index < -0.39 is 11.9 Å². The van der Waals surface area contributed by atoms with Gasteiger partial charge in [-0.25, -0.2) is 4.79 Å². The molecule has 10 heteroatoms. The van der Waals surface area contributed by atoms with Crippen molar-refractivity contribution < 1.29 is 28.5 Å². The van der Waals surface area contributed by atoms with E-state index in [0.29, 0.717) is 46.7 Å². The number of ether oxygens (including phenoxy) is 4. The third kappa shape index (κ3) is 4.49. The zero-order valence-electron chi connectivity index (χ0n) is 15.9. The second-order valence-electron chi connectivity index (χ2n) is 6.12. The van der Waals surface area contributed by atoms with Gasteiger partial charge in [-0.1, -0.05) is 11.3 Å². The summed E-state index contributed by atoms with van der Waals surface area (Å²) in [7, 11) is 1.57. The number of methoxy groups -OCH3 is 1. The first-order valence-corrected chi connectivity index (χ1v) is 9.78. The number of hydrogen-bond donors (Lipinski definition) is 1. The van der Waals surface area contributed by atoms with Crippen LogP contribution in [0.3, 0.4) is 0 Å². The second-order valence-corrected chi connectivity index (χ2v) is 7.18. The predicted octanol–water partition coefficient (Wildman–Crippen LogP) is 2.93. The molecule has 1 aliphatic heterocycles. The monoisotopic (exact) mass is 427 g/mol. The number of hydrogen-bond acceptors (Lipinski definition) is 9. The lowest BCUT2D eigenvalue weighted by Crippen LogP contribution is -2.16. The molecule has 1 amide bonds. The molecule has 4 rings (SSSR count). The van der Waals surface area contributed by atoms with Crippen LogP contribution in [0, 0.1) is 0 Å². The van der Waals surface area contributed by atoms with Crippen molar-refractivity contribution in [3.05, 3.63) is 58.0 Å². The predicted molar refractivity (Wildman–Crippen MR) is 107 cm³/mol. The van der Waals surface area contributed by atoms with E-state index >= 15 is 0 Å². The Morgan fingerprint density at radius 2 is 1.83 bits per heavy atom. The Bertz CT molecular complexity index is 1070. The molecule has 0 saturated heterocycles. The van der Waals surface area contributed by atoms with Crippen molar-refractivity contribution in [3.8, 4) is 17.2 Å². The van der Waals surface area contributed by atoms with Gasteiger partial charge >= 0.3 is 5.97 Å². The summed E-state index contributed by atoms with van der Waals surface area (Å²) in [6, 6.07) is 11.7. The molecule has 0 bridgehead atoms. The van der Waals surface area contributed by atoms with E-state index in [1.165, 1.54) is 0 Å². The number of nitrogens with zero attached hydrogens (tertiary/aromatic N) is 2. The molecule has 2 aromatic carbocycles. The molecule has 1 aliphatic rings. The van der Waals surface area contributed by atoms with Crippen molar-refractivity contribution in [1.29, 1.82) is 0 Å². The van der Waals surface area contributed by atoms with Crippen LogP contribution in [0.15, 0.2) is 42.5 Å². The van der Waals surface area contributed by atoms with E-state index in [1.807, 2.05) is 0 Å². The van der Waals surface area contributed by atoms with Crippen LogP contribution >= 0.6 is 11.3 Å². The Balaban J connectivity index is 1.33. The molecule has 0 fully saturated rings. The van der Waals surface area contributed by atoms with Crippen molar-refractivity contribution in [1.82, 2.24) is 10.2 Å². The number of rotatable bonds is 6. The van der Waals surface area contributed by atoms with Crippen LogP contribution in [0.4, 0.5) is 5.69 Å². The molecule has 2 heterocycles. The highest BCUT2D eigenvalue weighted by atomic mass is 32.1. The molecule has 0 radical (unpaired) electrons. The average molecular weight is 427 g/mol. The first kappa shape index (κ1) is 19.6. The fraction of sp³-hybridized carbons (Fsp3) is 0.200. The minimum absolute atomic E-state index is 0.0965. The fourth-order valence-electron chi connectivity index (χ4n) is 2.64. The van der Waals surface area contributed by atoms with Crippen LogP contribution in [0.2, 0.25) is 0 Å². The van der Waals surface area contributed by atoms with Crippen molar-refractivity contribution >= 4 is 28.9 Å². The quantitative estimate of drug-likeness (QED) is 0.598. The van der Waals surface area contributed by atoms with E-state index in [0.717, 1.165) is 11.3 Å². The van der Waals surface area contributed by atoms with Gasteiger partial charge in [0, 0.05) is 5.69 Å². The van der Waals surface area contributed by atoms with Gasteiger partial charge in [0.2, 0.25) is 5.01 Å². The minimum atomic E-state index is -0.536. The molecule has 0 atom stereocenters. The normalized spacial score (nSPS) is 12.2. The maximum absolute atomic E-state index is 12.3. The number of nitrogens with one attached hydrogen (secondary N) is 1. The summed E-state index contributed by atoms with van der Waals surface area (Å²) in [5, 5.41) is 11.1. The van der Waals surface area contributed by atoms with Gasteiger partial charge < -0.3 is 24.3 Å². The van der Waals surface area contributed by atoms with Gasteiger partial charge in [-0.15, -0.1) is 10.2 Å². The summed E-state index contributed by atoms with van der Waals surface area (Å²) >= 11 is 1.05. The Morgan fingerprint density at radius 1 is 1.07 bits per heavy atom. The number of amides is 1.